The Labute approximate surface area is 127 Å². The summed E-state index contributed by atoms with van der Waals surface area (Å²) in [6, 6.07) is 8.44. The van der Waals surface area contributed by atoms with Crippen LogP contribution in [-0.2, 0) is 9.53 Å². The second kappa shape index (κ2) is 6.40. The number of benzene rings is 1. The lowest BCUT2D eigenvalue weighted by molar-refractivity contribution is -0.109. The van der Waals surface area contributed by atoms with Gasteiger partial charge in [0.1, 0.15) is 12.4 Å². The average Bonchev–Trinajstić information content (AvgIpc) is 2.71. The van der Waals surface area contributed by atoms with Crippen molar-refractivity contribution in [3.8, 4) is 0 Å². The Hall–Kier alpha value is -1.67. The van der Waals surface area contributed by atoms with Gasteiger partial charge in [-0.25, -0.2) is 0 Å². The fraction of sp³-hybridized carbons (Fsp3) is 0.421. The van der Waals surface area contributed by atoms with Crippen LogP contribution in [0.4, 0.5) is 0 Å². The minimum Gasteiger partial charge on any atom is -0.369 e. The molecule has 21 heavy (non-hydrogen) atoms. The fourth-order valence-corrected chi connectivity index (χ4v) is 2.62. The number of carbonyl (C=O) groups excluding carboxylic acids is 1. The van der Waals surface area contributed by atoms with Crippen molar-refractivity contribution in [1.82, 2.24) is 0 Å². The second-order valence-corrected chi connectivity index (χ2v) is 6.21. The monoisotopic (exact) mass is 284 g/mol. The predicted octanol–water partition coefficient (Wildman–Crippen LogP) is 4.55. The summed E-state index contributed by atoms with van der Waals surface area (Å²) in [4.78, 5) is 10.6. The van der Waals surface area contributed by atoms with Crippen molar-refractivity contribution in [2.24, 2.45) is 5.41 Å². The van der Waals surface area contributed by atoms with E-state index in [-0.39, 0.29) is 11.5 Å². The van der Waals surface area contributed by atoms with Gasteiger partial charge >= 0.3 is 0 Å². The molecule has 0 aliphatic heterocycles. The highest BCUT2D eigenvalue weighted by atomic mass is 16.5. The molecule has 0 aromatic heterocycles. The zero-order valence-electron chi connectivity index (χ0n) is 13.3. The maximum absolute atomic E-state index is 10.6. The number of ether oxygens (including phenoxy) is 1. The quantitative estimate of drug-likeness (QED) is 0.565. The minimum absolute atomic E-state index is 0.00324. The van der Waals surface area contributed by atoms with Crippen LogP contribution in [0.3, 0.4) is 0 Å². The molecule has 1 aliphatic rings. The molecule has 1 aliphatic carbocycles. The van der Waals surface area contributed by atoms with Crippen LogP contribution < -0.4 is 0 Å². The van der Waals surface area contributed by atoms with E-state index in [2.05, 4.69) is 64.1 Å². The zero-order valence-corrected chi connectivity index (χ0v) is 13.3. The maximum Gasteiger partial charge on any atom is 0.122 e. The van der Waals surface area contributed by atoms with Gasteiger partial charge in [-0.15, -0.1) is 0 Å². The van der Waals surface area contributed by atoms with Crippen LogP contribution in [0.1, 0.15) is 44.4 Å². The number of allylic oxidation sites excluding steroid dienone is 3. The second-order valence-electron chi connectivity index (χ2n) is 6.21. The van der Waals surface area contributed by atoms with Gasteiger partial charge in [-0.3, -0.25) is 0 Å². The Bertz CT molecular complexity index is 562. The summed E-state index contributed by atoms with van der Waals surface area (Å²) in [5.41, 5.74) is 4.98. The highest BCUT2D eigenvalue weighted by Crippen LogP contribution is 2.46. The van der Waals surface area contributed by atoms with Crippen LogP contribution in [0, 0.1) is 12.3 Å². The lowest BCUT2D eigenvalue weighted by atomic mass is 9.77. The molecule has 0 heterocycles. The maximum atomic E-state index is 10.6. The molecule has 0 N–H and O–H groups in total. The molecule has 0 amide bonds. The van der Waals surface area contributed by atoms with Gasteiger partial charge in [0, 0.05) is 11.8 Å². The van der Waals surface area contributed by atoms with Crippen molar-refractivity contribution in [1.29, 1.82) is 0 Å². The number of carbonyl (C=O) groups is 1. The van der Waals surface area contributed by atoms with E-state index in [9.17, 15) is 4.79 Å². The molecule has 1 aromatic rings. The van der Waals surface area contributed by atoms with E-state index >= 15 is 0 Å². The van der Waals surface area contributed by atoms with Gasteiger partial charge in [0.25, 0.3) is 0 Å². The van der Waals surface area contributed by atoms with Crippen LogP contribution in [0.15, 0.2) is 47.6 Å². The van der Waals surface area contributed by atoms with Gasteiger partial charge in [-0.2, -0.15) is 0 Å². The minimum atomic E-state index is -0.0887. The third-order valence-electron chi connectivity index (χ3n) is 4.40. The lowest BCUT2D eigenvalue weighted by Crippen LogP contribution is -2.21. The number of aldehydes is 1. The third kappa shape index (κ3) is 3.33. The summed E-state index contributed by atoms with van der Waals surface area (Å²) >= 11 is 0. The summed E-state index contributed by atoms with van der Waals surface area (Å²) < 4.78 is 6.04. The van der Waals surface area contributed by atoms with Gasteiger partial charge in [-0.05, 0) is 25.0 Å². The third-order valence-corrected chi connectivity index (χ3v) is 4.40. The number of hydrogen-bond donors (Lipinski definition) is 0. The lowest BCUT2D eigenvalue weighted by Gasteiger charge is -2.31. The Kier molecular flexibility index (Phi) is 4.79. The van der Waals surface area contributed by atoms with Gasteiger partial charge in [0.2, 0.25) is 0 Å². The van der Waals surface area contributed by atoms with Crippen LogP contribution in [0.2, 0.25) is 0 Å². The van der Waals surface area contributed by atoms with E-state index in [1.807, 2.05) is 0 Å². The van der Waals surface area contributed by atoms with Gasteiger partial charge < -0.3 is 9.53 Å². The molecule has 1 unspecified atom stereocenters. The molecule has 0 radical (unpaired) electrons. The molecule has 1 aromatic carbocycles. The summed E-state index contributed by atoms with van der Waals surface area (Å²) in [6.45, 7) is 9.13. The van der Waals surface area contributed by atoms with Gasteiger partial charge in [0.05, 0.1) is 6.61 Å². The molecule has 1 atom stereocenters. The Morgan fingerprint density at radius 1 is 1.14 bits per heavy atom. The number of aryl methyl sites for hydroxylation is 1. The van der Waals surface area contributed by atoms with Gasteiger partial charge in [0.15, 0.2) is 0 Å². The summed E-state index contributed by atoms with van der Waals surface area (Å²) in [5.74, 6) is 0. The predicted molar refractivity (Wildman–Crippen MR) is 86.2 cm³/mol. The summed E-state index contributed by atoms with van der Waals surface area (Å²) in [5, 5.41) is 0. The van der Waals surface area contributed by atoms with E-state index in [1.165, 1.54) is 16.7 Å². The molecular weight excluding hydrogens is 260 g/mol. The molecule has 0 saturated heterocycles. The first-order chi connectivity index (χ1) is 9.96. The van der Waals surface area contributed by atoms with E-state index in [0.29, 0.717) is 13.0 Å². The molecule has 0 bridgehead atoms. The molecular formula is C19H24O2. The van der Waals surface area contributed by atoms with E-state index in [0.717, 1.165) is 11.8 Å². The average molecular weight is 284 g/mol. The Balaban J connectivity index is 2.29. The molecule has 112 valence electrons. The first kappa shape index (κ1) is 15.7. The molecule has 2 rings (SSSR count). The van der Waals surface area contributed by atoms with Crippen molar-refractivity contribution in [3.05, 3.63) is 58.7 Å². The van der Waals surface area contributed by atoms with E-state index < -0.39 is 0 Å². The standard InChI is InChI=1S/C19H24O2/c1-14-6-9-16(10-7-14)18(21-13-5-12-20)17-11-8-15(2)19(17,3)4/h6-12,18H,5,13H2,1-4H3. The summed E-state index contributed by atoms with van der Waals surface area (Å²) in [6.07, 6.45) is 5.58. The van der Waals surface area contributed by atoms with Crippen molar-refractivity contribution in [2.75, 3.05) is 6.61 Å². The Morgan fingerprint density at radius 2 is 1.81 bits per heavy atom. The number of hydrogen-bond acceptors (Lipinski definition) is 2. The molecule has 2 nitrogen and oxygen atoms in total. The van der Waals surface area contributed by atoms with Crippen molar-refractivity contribution < 1.29 is 9.53 Å². The first-order valence-electron chi connectivity index (χ1n) is 7.48. The molecule has 0 fully saturated rings. The van der Waals surface area contributed by atoms with E-state index in [4.69, 9.17) is 4.74 Å². The molecule has 0 saturated carbocycles. The van der Waals surface area contributed by atoms with Crippen LogP contribution in [0.5, 0.6) is 0 Å². The number of rotatable bonds is 6. The van der Waals surface area contributed by atoms with Gasteiger partial charge in [-0.1, -0.05) is 61.4 Å². The van der Waals surface area contributed by atoms with Crippen LogP contribution in [0.25, 0.3) is 0 Å². The molecule has 0 spiro atoms. The Morgan fingerprint density at radius 3 is 2.33 bits per heavy atom. The first-order valence-corrected chi connectivity index (χ1v) is 7.48. The fourth-order valence-electron chi connectivity index (χ4n) is 2.62. The highest BCUT2D eigenvalue weighted by Gasteiger charge is 2.34. The topological polar surface area (TPSA) is 26.3 Å². The van der Waals surface area contributed by atoms with Crippen molar-refractivity contribution in [3.63, 3.8) is 0 Å². The van der Waals surface area contributed by atoms with Crippen molar-refractivity contribution in [2.45, 2.75) is 40.2 Å². The normalized spacial score (nSPS) is 18.1. The SMILES string of the molecule is CC1=CC=C(C(OCCC=O)c2ccc(C)cc2)C1(C)C. The smallest absolute Gasteiger partial charge is 0.122 e. The molecule has 2 heteroatoms. The van der Waals surface area contributed by atoms with Crippen LogP contribution >= 0.6 is 0 Å². The van der Waals surface area contributed by atoms with E-state index in [1.54, 1.807) is 0 Å². The zero-order chi connectivity index (χ0) is 15.5. The largest absolute Gasteiger partial charge is 0.369 e. The van der Waals surface area contributed by atoms with Crippen molar-refractivity contribution >= 4 is 6.29 Å². The summed E-state index contributed by atoms with van der Waals surface area (Å²) in [7, 11) is 0. The highest BCUT2D eigenvalue weighted by molar-refractivity contribution is 5.49. The van der Waals surface area contributed by atoms with Crippen LogP contribution in [-0.4, -0.2) is 12.9 Å².